The third-order valence-electron chi connectivity index (χ3n) is 3.82. The van der Waals surface area contributed by atoms with Gasteiger partial charge in [-0.3, -0.25) is 4.98 Å². The van der Waals surface area contributed by atoms with E-state index in [1.54, 1.807) is 0 Å². The van der Waals surface area contributed by atoms with Crippen molar-refractivity contribution in [3.05, 3.63) is 77.0 Å². The molecule has 0 spiro atoms. The van der Waals surface area contributed by atoms with E-state index in [9.17, 15) is 0 Å². The molecule has 0 atom stereocenters. The third-order valence-corrected chi connectivity index (χ3v) is 3.82. The normalized spacial score (nSPS) is 10.3. The van der Waals surface area contributed by atoms with Crippen molar-refractivity contribution in [2.24, 2.45) is 0 Å². The van der Waals surface area contributed by atoms with Gasteiger partial charge in [-0.25, -0.2) is 0 Å². The lowest BCUT2D eigenvalue weighted by atomic mass is 9.97. The van der Waals surface area contributed by atoms with E-state index < -0.39 is 0 Å². The zero-order valence-corrected chi connectivity index (χ0v) is 13.6. The summed E-state index contributed by atoms with van der Waals surface area (Å²) in [5.74, 6) is 0. The molecule has 112 valence electrons. The summed E-state index contributed by atoms with van der Waals surface area (Å²) in [7, 11) is 0. The number of benzene rings is 2. The van der Waals surface area contributed by atoms with E-state index in [1.807, 2.05) is 31.2 Å². The quantitative estimate of drug-likeness (QED) is 0.651. The van der Waals surface area contributed by atoms with E-state index in [0.29, 0.717) is 5.56 Å². The fraction of sp³-hybridized carbons (Fsp3) is 0.143. The largest absolute Gasteiger partial charge is 0.253 e. The minimum atomic E-state index is 0.678. The third kappa shape index (κ3) is 3.30. The molecule has 0 N–H and O–H groups in total. The molecule has 1 aromatic heterocycles. The molecule has 0 aliphatic rings. The van der Waals surface area contributed by atoms with Gasteiger partial charge in [0.2, 0.25) is 0 Å². The monoisotopic (exact) mass is 298 g/mol. The van der Waals surface area contributed by atoms with Crippen LogP contribution in [0.1, 0.15) is 22.4 Å². The highest BCUT2D eigenvalue weighted by atomic mass is 14.7. The maximum Gasteiger partial charge on any atom is 0.0991 e. The van der Waals surface area contributed by atoms with Crippen LogP contribution in [0.5, 0.6) is 0 Å². The Bertz CT molecular complexity index is 880. The van der Waals surface area contributed by atoms with Crippen LogP contribution in [0.2, 0.25) is 0 Å². The number of aromatic nitrogens is 1. The highest BCUT2D eigenvalue weighted by Crippen LogP contribution is 2.28. The number of pyridine rings is 1. The minimum Gasteiger partial charge on any atom is -0.253 e. The number of aryl methyl sites for hydroxylation is 3. The summed E-state index contributed by atoms with van der Waals surface area (Å²) < 4.78 is 0. The van der Waals surface area contributed by atoms with Crippen molar-refractivity contribution < 1.29 is 0 Å². The molecule has 0 saturated carbocycles. The molecule has 2 heteroatoms. The summed E-state index contributed by atoms with van der Waals surface area (Å²) in [6.07, 6.45) is 0. The lowest BCUT2D eigenvalue weighted by Gasteiger charge is -2.09. The molecule has 0 radical (unpaired) electrons. The molecule has 2 nitrogen and oxygen atoms in total. The molecule has 0 unspecified atom stereocenters. The SMILES string of the molecule is Cc1cc(-c2ccc(C#N)cc2)cc(-c2cc(C)cc(C)n2)c1. The fourth-order valence-electron chi connectivity index (χ4n) is 2.82. The minimum absolute atomic E-state index is 0.678. The topological polar surface area (TPSA) is 36.7 Å². The molecule has 0 saturated heterocycles. The van der Waals surface area contributed by atoms with E-state index in [0.717, 1.165) is 28.1 Å². The molecule has 0 bridgehead atoms. The van der Waals surface area contributed by atoms with Crippen LogP contribution in [0.25, 0.3) is 22.4 Å². The van der Waals surface area contributed by atoms with Crippen molar-refractivity contribution >= 4 is 0 Å². The average Bonchev–Trinajstić information content (AvgIpc) is 2.53. The first-order chi connectivity index (χ1) is 11.0. The van der Waals surface area contributed by atoms with Crippen molar-refractivity contribution in [1.29, 1.82) is 5.26 Å². The van der Waals surface area contributed by atoms with Crippen molar-refractivity contribution in [2.75, 3.05) is 0 Å². The molecule has 23 heavy (non-hydrogen) atoms. The molecular weight excluding hydrogens is 280 g/mol. The summed E-state index contributed by atoms with van der Waals surface area (Å²) in [6, 6.07) is 20.5. The van der Waals surface area contributed by atoms with Crippen LogP contribution in [0.3, 0.4) is 0 Å². The Labute approximate surface area is 137 Å². The Morgan fingerprint density at radius 3 is 2.04 bits per heavy atom. The Morgan fingerprint density at radius 2 is 1.39 bits per heavy atom. The van der Waals surface area contributed by atoms with Gasteiger partial charge >= 0.3 is 0 Å². The maximum absolute atomic E-state index is 8.93. The Morgan fingerprint density at radius 1 is 0.739 bits per heavy atom. The molecule has 2 aromatic carbocycles. The van der Waals surface area contributed by atoms with Crippen LogP contribution in [0.4, 0.5) is 0 Å². The fourth-order valence-corrected chi connectivity index (χ4v) is 2.82. The summed E-state index contributed by atoms with van der Waals surface area (Å²) in [5, 5.41) is 8.93. The summed E-state index contributed by atoms with van der Waals surface area (Å²) >= 11 is 0. The van der Waals surface area contributed by atoms with Crippen molar-refractivity contribution in [1.82, 2.24) is 4.98 Å². The van der Waals surface area contributed by atoms with Crippen molar-refractivity contribution in [2.45, 2.75) is 20.8 Å². The molecule has 1 heterocycles. The van der Waals surface area contributed by atoms with Crippen LogP contribution in [-0.4, -0.2) is 4.98 Å². The van der Waals surface area contributed by atoms with Gasteiger partial charge < -0.3 is 0 Å². The Balaban J connectivity index is 2.10. The number of hydrogen-bond acceptors (Lipinski definition) is 2. The van der Waals surface area contributed by atoms with Crippen LogP contribution < -0.4 is 0 Å². The number of rotatable bonds is 2. The number of nitriles is 1. The first kappa shape index (κ1) is 15.0. The molecule has 3 rings (SSSR count). The van der Waals surface area contributed by atoms with E-state index in [2.05, 4.69) is 55.2 Å². The van der Waals surface area contributed by atoms with Gasteiger partial charge in [-0.1, -0.05) is 18.2 Å². The highest BCUT2D eigenvalue weighted by molar-refractivity contribution is 5.73. The standard InChI is InChI=1S/C21H18N2/c1-14-8-16(3)23-21(11-14)20-10-15(2)9-19(12-20)18-6-4-17(13-22)5-7-18/h4-12H,1-3H3. The molecule has 3 aromatic rings. The van der Waals surface area contributed by atoms with E-state index in [1.165, 1.54) is 11.1 Å². The second-order valence-corrected chi connectivity index (χ2v) is 5.95. The second-order valence-electron chi connectivity index (χ2n) is 5.95. The first-order valence-electron chi connectivity index (χ1n) is 7.63. The van der Waals surface area contributed by atoms with Gasteiger partial charge in [-0.2, -0.15) is 5.26 Å². The van der Waals surface area contributed by atoms with Crippen molar-refractivity contribution in [3.8, 4) is 28.5 Å². The molecule has 0 aliphatic carbocycles. The first-order valence-corrected chi connectivity index (χ1v) is 7.63. The smallest absolute Gasteiger partial charge is 0.0991 e. The predicted molar refractivity (Wildman–Crippen MR) is 94.0 cm³/mol. The van der Waals surface area contributed by atoms with Crippen LogP contribution in [0, 0.1) is 32.1 Å². The Kier molecular flexibility index (Phi) is 3.95. The lowest BCUT2D eigenvalue weighted by molar-refractivity contribution is 1.18. The molecule has 0 aliphatic heterocycles. The van der Waals surface area contributed by atoms with Crippen LogP contribution in [0.15, 0.2) is 54.6 Å². The number of nitrogens with zero attached hydrogens (tertiary/aromatic N) is 2. The second kappa shape index (κ2) is 6.06. The van der Waals surface area contributed by atoms with Gasteiger partial charge in [0.05, 0.1) is 17.3 Å². The molecule has 0 amide bonds. The van der Waals surface area contributed by atoms with Gasteiger partial charge in [-0.15, -0.1) is 0 Å². The summed E-state index contributed by atoms with van der Waals surface area (Å²) in [4.78, 5) is 4.66. The summed E-state index contributed by atoms with van der Waals surface area (Å²) in [5.41, 5.74) is 8.50. The molecular formula is C21H18N2. The van der Waals surface area contributed by atoms with E-state index in [4.69, 9.17) is 5.26 Å². The van der Waals surface area contributed by atoms with Crippen molar-refractivity contribution in [3.63, 3.8) is 0 Å². The van der Waals surface area contributed by atoms with Gasteiger partial charge in [0.25, 0.3) is 0 Å². The number of hydrogen-bond donors (Lipinski definition) is 0. The zero-order chi connectivity index (χ0) is 16.4. The maximum atomic E-state index is 8.93. The van der Waals surface area contributed by atoms with Crippen LogP contribution in [-0.2, 0) is 0 Å². The average molecular weight is 298 g/mol. The highest BCUT2D eigenvalue weighted by Gasteiger charge is 2.06. The van der Waals surface area contributed by atoms with Gasteiger partial charge in [0.15, 0.2) is 0 Å². The van der Waals surface area contributed by atoms with Gasteiger partial charge in [-0.05, 0) is 79.4 Å². The summed E-state index contributed by atoms with van der Waals surface area (Å²) in [6.45, 7) is 6.21. The lowest BCUT2D eigenvalue weighted by Crippen LogP contribution is -1.91. The zero-order valence-electron chi connectivity index (χ0n) is 13.6. The van der Waals surface area contributed by atoms with E-state index in [-0.39, 0.29) is 0 Å². The van der Waals surface area contributed by atoms with Gasteiger partial charge in [0, 0.05) is 11.3 Å². The Hall–Kier alpha value is -2.92. The van der Waals surface area contributed by atoms with Crippen LogP contribution >= 0.6 is 0 Å². The van der Waals surface area contributed by atoms with E-state index >= 15 is 0 Å². The predicted octanol–water partition coefficient (Wildman–Crippen LogP) is 5.21. The van der Waals surface area contributed by atoms with Gasteiger partial charge in [0.1, 0.15) is 0 Å². The molecule has 0 fully saturated rings.